The third-order valence-electron chi connectivity index (χ3n) is 6.61. The number of aromatic nitrogens is 5. The van der Waals surface area contributed by atoms with Gasteiger partial charge in [-0.3, -0.25) is 4.68 Å². The number of ether oxygens (including phenoxy) is 2. The molecule has 1 saturated heterocycles. The van der Waals surface area contributed by atoms with Gasteiger partial charge in [-0.2, -0.15) is 10.1 Å². The van der Waals surface area contributed by atoms with Crippen LogP contribution in [0.5, 0.6) is 6.01 Å². The number of rotatable bonds is 7. The Kier molecular flexibility index (Phi) is 6.07. The van der Waals surface area contributed by atoms with Gasteiger partial charge in [0.05, 0.1) is 59.9 Å². The van der Waals surface area contributed by atoms with Gasteiger partial charge in [-0.25, -0.2) is 4.98 Å². The Hall–Kier alpha value is -3.18. The Morgan fingerprint density at radius 1 is 1.22 bits per heavy atom. The van der Waals surface area contributed by atoms with Gasteiger partial charge < -0.3 is 29.6 Å². The van der Waals surface area contributed by atoms with Crippen LogP contribution in [0.3, 0.4) is 0 Å². The number of fused-ring (bicyclic) bond motifs is 2. The molecule has 4 aromatic rings. The Balaban J connectivity index is 1.16. The Bertz CT molecular complexity index is 1400. The molecule has 0 aliphatic carbocycles. The molecule has 5 heterocycles. The molecule has 37 heavy (non-hydrogen) atoms. The van der Waals surface area contributed by atoms with E-state index in [9.17, 15) is 10.2 Å². The first-order valence-corrected chi connectivity index (χ1v) is 12.7. The minimum Gasteiger partial charge on any atom is -0.459 e. The van der Waals surface area contributed by atoms with Crippen molar-refractivity contribution in [1.82, 2.24) is 24.7 Å². The van der Waals surface area contributed by atoms with Crippen LogP contribution in [0.1, 0.15) is 31.5 Å². The summed E-state index contributed by atoms with van der Waals surface area (Å²) in [6.07, 6.45) is 2.26. The van der Waals surface area contributed by atoms with Crippen LogP contribution in [-0.4, -0.2) is 66.0 Å². The quantitative estimate of drug-likeness (QED) is 0.337. The molecule has 0 bridgehead atoms. The average Bonchev–Trinajstić information content (AvgIpc) is 3.61. The fraction of sp³-hybridized carbons (Fsp3) is 0.423. The van der Waals surface area contributed by atoms with E-state index in [-0.39, 0.29) is 18.8 Å². The van der Waals surface area contributed by atoms with Gasteiger partial charge in [-0.15, -0.1) is 0 Å². The first-order chi connectivity index (χ1) is 17.7. The summed E-state index contributed by atoms with van der Waals surface area (Å²) >= 11 is 6.59. The number of H-pyrrole nitrogens is 1. The average molecular weight is 525 g/mol. The largest absolute Gasteiger partial charge is 0.459 e. The van der Waals surface area contributed by atoms with E-state index in [1.807, 2.05) is 23.0 Å². The molecule has 2 atom stereocenters. The first-order valence-electron chi connectivity index (χ1n) is 12.3. The van der Waals surface area contributed by atoms with Crippen molar-refractivity contribution >= 4 is 28.5 Å². The van der Waals surface area contributed by atoms with E-state index in [0.29, 0.717) is 47.5 Å². The molecule has 3 N–H and O–H groups in total. The van der Waals surface area contributed by atoms with Gasteiger partial charge in [0.2, 0.25) is 0 Å². The predicted octanol–water partition coefficient (Wildman–Crippen LogP) is 3.29. The summed E-state index contributed by atoms with van der Waals surface area (Å²) in [7, 11) is 0. The van der Waals surface area contributed by atoms with Gasteiger partial charge in [0.15, 0.2) is 5.65 Å². The molecule has 0 spiro atoms. The maximum Gasteiger partial charge on any atom is 0.296 e. The van der Waals surface area contributed by atoms with Crippen molar-refractivity contribution in [2.75, 3.05) is 18.1 Å². The van der Waals surface area contributed by atoms with Crippen molar-refractivity contribution in [2.24, 2.45) is 0 Å². The Labute approximate surface area is 218 Å². The number of aliphatic hydroxyl groups excluding tert-OH is 1. The molecule has 2 aliphatic heterocycles. The topological polar surface area (TPSA) is 122 Å². The zero-order valence-electron chi connectivity index (χ0n) is 20.7. The summed E-state index contributed by atoms with van der Waals surface area (Å²) in [6.45, 7) is 5.91. The van der Waals surface area contributed by atoms with E-state index in [2.05, 4.69) is 37.1 Å². The highest BCUT2D eigenvalue weighted by atomic mass is 35.5. The standard InChI is InChI=1S/C26H29ClN6O4/c1-26(2,35)14-33-10-16-9-32(11-22(16)31-33)17-5-3-15(4-6-17)23-20(27)8-21-24(29-23)30-25(28-21)37-19-7-18(12-34)36-13-19/h3-6,8,10,18-19,34-35H,7,9,11-14H2,1-2H3,(H,28,29,30). The first kappa shape index (κ1) is 24.2. The van der Waals surface area contributed by atoms with Gasteiger partial charge in [0, 0.05) is 36.0 Å². The monoisotopic (exact) mass is 524 g/mol. The number of benzene rings is 1. The van der Waals surface area contributed by atoms with Crippen LogP contribution in [0, 0.1) is 0 Å². The third-order valence-corrected chi connectivity index (χ3v) is 6.90. The lowest BCUT2D eigenvalue weighted by Crippen LogP contribution is -2.26. The highest BCUT2D eigenvalue weighted by molar-refractivity contribution is 6.33. The summed E-state index contributed by atoms with van der Waals surface area (Å²) < 4.78 is 13.2. The molecule has 6 rings (SSSR count). The van der Waals surface area contributed by atoms with E-state index < -0.39 is 5.60 Å². The van der Waals surface area contributed by atoms with Crippen molar-refractivity contribution < 1.29 is 19.7 Å². The third kappa shape index (κ3) is 5.02. The molecule has 2 aliphatic rings. The van der Waals surface area contributed by atoms with Gasteiger partial charge in [0.1, 0.15) is 6.10 Å². The molecule has 3 aromatic heterocycles. The van der Waals surface area contributed by atoms with Gasteiger partial charge >= 0.3 is 0 Å². The molecule has 11 heteroatoms. The summed E-state index contributed by atoms with van der Waals surface area (Å²) in [4.78, 5) is 14.6. The predicted molar refractivity (Wildman–Crippen MR) is 139 cm³/mol. The second-order valence-corrected chi connectivity index (χ2v) is 10.8. The number of halogens is 1. The van der Waals surface area contributed by atoms with E-state index >= 15 is 0 Å². The zero-order valence-corrected chi connectivity index (χ0v) is 21.4. The minimum atomic E-state index is -0.799. The lowest BCUT2D eigenvalue weighted by atomic mass is 10.1. The lowest BCUT2D eigenvalue weighted by Gasteiger charge is -2.20. The molecule has 1 aromatic carbocycles. The number of hydrogen-bond donors (Lipinski definition) is 3. The summed E-state index contributed by atoms with van der Waals surface area (Å²) in [5.41, 5.74) is 5.25. The van der Waals surface area contributed by atoms with Crippen molar-refractivity contribution in [3.05, 3.63) is 52.8 Å². The second-order valence-electron chi connectivity index (χ2n) is 10.4. The van der Waals surface area contributed by atoms with Gasteiger partial charge in [0.25, 0.3) is 6.01 Å². The molecule has 0 radical (unpaired) electrons. The van der Waals surface area contributed by atoms with Crippen LogP contribution >= 0.6 is 11.6 Å². The number of imidazole rings is 1. The maximum atomic E-state index is 10.1. The van der Waals surface area contributed by atoms with Crippen molar-refractivity contribution in [3.63, 3.8) is 0 Å². The number of aliphatic hydroxyl groups is 2. The van der Waals surface area contributed by atoms with Gasteiger partial charge in [-0.05, 0) is 32.0 Å². The van der Waals surface area contributed by atoms with E-state index in [4.69, 9.17) is 21.1 Å². The molecule has 1 fully saturated rings. The van der Waals surface area contributed by atoms with Gasteiger partial charge in [-0.1, -0.05) is 23.7 Å². The Morgan fingerprint density at radius 2 is 2.03 bits per heavy atom. The molecule has 2 unspecified atom stereocenters. The number of hydrogen-bond acceptors (Lipinski definition) is 8. The zero-order chi connectivity index (χ0) is 25.7. The Morgan fingerprint density at radius 3 is 2.73 bits per heavy atom. The number of nitrogens with zero attached hydrogens (tertiary/aromatic N) is 5. The molecule has 0 saturated carbocycles. The summed E-state index contributed by atoms with van der Waals surface area (Å²) in [5.74, 6) is 0. The van der Waals surface area contributed by atoms with Crippen LogP contribution in [0.2, 0.25) is 5.02 Å². The van der Waals surface area contributed by atoms with Crippen molar-refractivity contribution in [1.29, 1.82) is 0 Å². The summed E-state index contributed by atoms with van der Waals surface area (Å²) in [5, 5.41) is 24.5. The highest BCUT2D eigenvalue weighted by Crippen LogP contribution is 2.33. The van der Waals surface area contributed by atoms with E-state index in [0.717, 1.165) is 30.0 Å². The lowest BCUT2D eigenvalue weighted by molar-refractivity contribution is 0.0528. The van der Waals surface area contributed by atoms with Crippen LogP contribution in [0.15, 0.2) is 36.5 Å². The van der Waals surface area contributed by atoms with Crippen LogP contribution in [-0.2, 0) is 24.4 Å². The van der Waals surface area contributed by atoms with Crippen molar-refractivity contribution in [3.8, 4) is 17.3 Å². The number of nitrogens with one attached hydrogen (secondary N) is 1. The van der Waals surface area contributed by atoms with E-state index in [1.165, 1.54) is 5.56 Å². The fourth-order valence-corrected chi connectivity index (χ4v) is 5.15. The fourth-order valence-electron chi connectivity index (χ4n) is 4.89. The molecule has 0 amide bonds. The SMILES string of the molecule is CC(C)(O)Cn1cc2c(n1)CN(c1ccc(-c3nc4nc(OC5COC(CO)C5)[nH]c4cc3Cl)cc1)C2. The highest BCUT2D eigenvalue weighted by Gasteiger charge is 2.28. The number of pyridine rings is 1. The second kappa shape index (κ2) is 9.29. The molecular weight excluding hydrogens is 496 g/mol. The van der Waals surface area contributed by atoms with Crippen LogP contribution < -0.4 is 9.64 Å². The van der Waals surface area contributed by atoms with Crippen molar-refractivity contribution in [2.45, 2.75) is 57.7 Å². The van der Waals surface area contributed by atoms with E-state index in [1.54, 1.807) is 19.9 Å². The minimum absolute atomic E-state index is 0.0224. The summed E-state index contributed by atoms with van der Waals surface area (Å²) in [6, 6.07) is 10.3. The molecule has 194 valence electrons. The van der Waals surface area contributed by atoms with Crippen LogP contribution in [0.25, 0.3) is 22.4 Å². The number of anilines is 1. The molecule has 10 nitrogen and oxygen atoms in total. The smallest absolute Gasteiger partial charge is 0.296 e. The number of aromatic amines is 1. The molecular formula is C26H29ClN6O4. The van der Waals surface area contributed by atoms with Crippen LogP contribution in [0.4, 0.5) is 5.69 Å². The maximum absolute atomic E-state index is 10.1. The normalized spacial score (nSPS) is 19.6.